The van der Waals surface area contributed by atoms with Crippen LogP contribution in [0.4, 0.5) is 0 Å². The monoisotopic (exact) mass is 383 g/mol. The maximum Gasteiger partial charge on any atom is 0.307 e. The van der Waals surface area contributed by atoms with Gasteiger partial charge in [0.05, 0.1) is 6.42 Å². The largest absolute Gasteiger partial charge is 0.460 e. The molecule has 6 nitrogen and oxygen atoms in total. The summed E-state index contributed by atoms with van der Waals surface area (Å²) in [5.41, 5.74) is 7.98. The highest BCUT2D eigenvalue weighted by Crippen LogP contribution is 2.29. The Morgan fingerprint density at radius 2 is 1.96 bits per heavy atom. The van der Waals surface area contributed by atoms with E-state index in [1.54, 1.807) is 0 Å². The molecule has 2 rings (SSSR count). The van der Waals surface area contributed by atoms with E-state index < -0.39 is 5.60 Å². The van der Waals surface area contributed by atoms with Gasteiger partial charge in [-0.15, -0.1) is 5.48 Å². The molecule has 0 saturated heterocycles. The topological polar surface area (TPSA) is 85.9 Å². The minimum Gasteiger partial charge on any atom is -0.460 e. The number of aliphatic imine (C=N–C) groups is 1. The first-order chi connectivity index (χ1) is 12.9. The van der Waals surface area contributed by atoms with Gasteiger partial charge in [-0.3, -0.25) is 4.79 Å². The third kappa shape index (κ3) is 9.56. The van der Waals surface area contributed by atoms with Crippen molar-refractivity contribution in [3.63, 3.8) is 0 Å². The van der Waals surface area contributed by atoms with Crippen molar-refractivity contribution in [1.82, 2.24) is 5.48 Å². The molecule has 2 aliphatic rings. The number of nitrogens with two attached hydrogens (primary N) is 1. The van der Waals surface area contributed by atoms with Crippen molar-refractivity contribution in [2.45, 2.75) is 104 Å². The second-order valence-electron chi connectivity index (χ2n) is 8.36. The molecular weight excluding hydrogens is 342 g/mol. The Morgan fingerprint density at radius 1 is 1.30 bits per heavy atom. The van der Waals surface area contributed by atoms with Gasteiger partial charge < -0.3 is 15.3 Å². The molecule has 1 heterocycles. The summed E-state index contributed by atoms with van der Waals surface area (Å²) < 4.78 is 5.48. The molecule has 0 bridgehead atoms. The van der Waals surface area contributed by atoms with E-state index in [1.165, 1.54) is 38.5 Å². The third-order valence-corrected chi connectivity index (χ3v) is 4.88. The van der Waals surface area contributed by atoms with Crippen LogP contribution in [-0.4, -0.2) is 30.2 Å². The first-order valence-corrected chi connectivity index (χ1v) is 10.8. The maximum absolute atomic E-state index is 12.3. The fourth-order valence-electron chi connectivity index (χ4n) is 3.65. The van der Waals surface area contributed by atoms with Crippen molar-refractivity contribution < 1.29 is 14.4 Å². The quantitative estimate of drug-likeness (QED) is 0.609. The van der Waals surface area contributed by atoms with E-state index in [-0.39, 0.29) is 18.1 Å². The van der Waals surface area contributed by atoms with Gasteiger partial charge in [0.25, 0.3) is 0 Å². The molecule has 3 N–H and O–H groups in total. The van der Waals surface area contributed by atoms with Crippen LogP contribution >= 0.6 is 0 Å². The zero-order chi connectivity index (χ0) is 20.3. The molecule has 1 fully saturated rings. The van der Waals surface area contributed by atoms with Gasteiger partial charge in [0.1, 0.15) is 11.8 Å². The Balaban J connectivity index is 0.00000176. The first-order valence-electron chi connectivity index (χ1n) is 10.8. The van der Waals surface area contributed by atoms with Gasteiger partial charge in [0.15, 0.2) is 0 Å². The molecule has 0 aromatic heterocycles. The molecule has 0 aromatic carbocycles. The van der Waals surface area contributed by atoms with Gasteiger partial charge in [-0.2, -0.15) is 0 Å². The summed E-state index contributed by atoms with van der Waals surface area (Å²) in [6.45, 7) is 10.0. The number of rotatable bonds is 8. The van der Waals surface area contributed by atoms with Crippen LogP contribution in [0, 0.1) is 11.8 Å². The van der Waals surface area contributed by atoms with Crippen molar-refractivity contribution in [1.29, 1.82) is 0 Å². The fraction of sp³-hybridized carbons (Fsp3) is 0.905. The minimum atomic E-state index is -0.472. The van der Waals surface area contributed by atoms with Crippen molar-refractivity contribution in [3.8, 4) is 0 Å². The number of nitrogens with zero attached hydrogens (tertiary/aromatic N) is 1. The molecule has 0 amide bonds. The van der Waals surface area contributed by atoms with Gasteiger partial charge >= 0.3 is 5.97 Å². The van der Waals surface area contributed by atoms with E-state index in [9.17, 15) is 4.79 Å². The van der Waals surface area contributed by atoms with Crippen molar-refractivity contribution in [3.05, 3.63) is 0 Å². The van der Waals surface area contributed by atoms with Gasteiger partial charge in [-0.05, 0) is 33.1 Å². The number of hydrogen-bond acceptors (Lipinski definition) is 6. The number of carbonyl (C=O) groups is 1. The van der Waals surface area contributed by atoms with Crippen molar-refractivity contribution in [2.75, 3.05) is 6.54 Å². The van der Waals surface area contributed by atoms with Crippen molar-refractivity contribution in [2.24, 2.45) is 22.6 Å². The van der Waals surface area contributed by atoms with Gasteiger partial charge in [-0.25, -0.2) is 4.99 Å². The third-order valence-electron chi connectivity index (χ3n) is 4.88. The highest BCUT2D eigenvalue weighted by molar-refractivity contribution is 5.84. The van der Waals surface area contributed by atoms with Crippen LogP contribution in [0.15, 0.2) is 4.99 Å². The van der Waals surface area contributed by atoms with Crippen LogP contribution in [-0.2, 0) is 14.4 Å². The van der Waals surface area contributed by atoms with Crippen molar-refractivity contribution >= 4 is 11.9 Å². The van der Waals surface area contributed by atoms with Gasteiger partial charge in [0.2, 0.25) is 5.90 Å². The standard InChI is InChI=1S/C19H35N3O3.C2H6/c1-19(2,3)24-17(23)12-15(18-21-16(13-20)22-25-18)11-7-10-14-8-5-4-6-9-14;1-2/h14-16,22H,4-13,20H2,1-3H3;1-2H3/t15-,16?;/m1./s1. The Hall–Kier alpha value is -1.14. The van der Waals surface area contributed by atoms with E-state index in [1.807, 2.05) is 34.6 Å². The predicted octanol–water partition coefficient (Wildman–Crippen LogP) is 4.33. The highest BCUT2D eigenvalue weighted by atomic mass is 16.7. The lowest BCUT2D eigenvalue weighted by atomic mass is 9.84. The second kappa shape index (κ2) is 12.3. The average molecular weight is 384 g/mol. The highest BCUT2D eigenvalue weighted by Gasteiger charge is 2.29. The van der Waals surface area contributed by atoms with Gasteiger partial charge in [-0.1, -0.05) is 58.8 Å². The predicted molar refractivity (Wildman–Crippen MR) is 110 cm³/mol. The summed E-state index contributed by atoms with van der Waals surface area (Å²) in [7, 11) is 0. The normalized spacial score (nSPS) is 21.6. The molecule has 1 unspecified atom stereocenters. The van der Waals surface area contributed by atoms with Crippen LogP contribution in [0.2, 0.25) is 0 Å². The number of ether oxygens (including phenoxy) is 1. The Kier molecular flexibility index (Phi) is 10.9. The molecule has 1 aliphatic heterocycles. The van der Waals surface area contributed by atoms with E-state index in [4.69, 9.17) is 15.3 Å². The summed E-state index contributed by atoms with van der Waals surface area (Å²) in [4.78, 5) is 22.2. The molecule has 1 saturated carbocycles. The zero-order valence-electron chi connectivity index (χ0n) is 18.1. The van der Waals surface area contributed by atoms with Crippen LogP contribution in [0.3, 0.4) is 0 Å². The zero-order valence-corrected chi connectivity index (χ0v) is 18.1. The summed E-state index contributed by atoms with van der Waals surface area (Å²) in [6.07, 6.45) is 10.1. The number of hydroxylamine groups is 1. The molecule has 0 aromatic rings. The smallest absolute Gasteiger partial charge is 0.307 e. The molecule has 1 aliphatic carbocycles. The summed E-state index contributed by atoms with van der Waals surface area (Å²) in [5, 5.41) is 0. The molecule has 27 heavy (non-hydrogen) atoms. The SMILES string of the molecule is CC.CC(C)(C)OC(=O)C[C@@H](CCCC1CCCCC1)C1=NC(CN)NO1. The molecule has 2 atom stereocenters. The lowest BCUT2D eigenvalue weighted by Crippen LogP contribution is -2.30. The summed E-state index contributed by atoms with van der Waals surface area (Å²) in [6, 6.07) is 0. The number of nitrogens with one attached hydrogen (secondary N) is 1. The summed E-state index contributed by atoms with van der Waals surface area (Å²) >= 11 is 0. The lowest BCUT2D eigenvalue weighted by Gasteiger charge is -2.23. The Labute approximate surface area is 165 Å². The van der Waals surface area contributed by atoms with E-state index in [2.05, 4.69) is 10.5 Å². The van der Waals surface area contributed by atoms with Crippen LogP contribution in [0.1, 0.15) is 92.4 Å². The maximum atomic E-state index is 12.3. The first kappa shape index (κ1) is 23.9. The number of hydrogen-bond donors (Lipinski definition) is 2. The Bertz CT molecular complexity index is 454. The average Bonchev–Trinajstić information content (AvgIpc) is 3.11. The van der Waals surface area contributed by atoms with Gasteiger partial charge in [0, 0.05) is 12.5 Å². The molecule has 6 heteroatoms. The van der Waals surface area contributed by atoms with E-state index >= 15 is 0 Å². The minimum absolute atomic E-state index is 0.0394. The van der Waals surface area contributed by atoms with Crippen LogP contribution < -0.4 is 11.2 Å². The van der Waals surface area contributed by atoms with Crippen LogP contribution in [0.25, 0.3) is 0 Å². The van der Waals surface area contributed by atoms with Crippen LogP contribution in [0.5, 0.6) is 0 Å². The molecule has 0 radical (unpaired) electrons. The second-order valence-corrected chi connectivity index (χ2v) is 8.36. The van der Waals surface area contributed by atoms with E-state index in [0.29, 0.717) is 18.9 Å². The van der Waals surface area contributed by atoms with E-state index in [0.717, 1.165) is 18.8 Å². The Morgan fingerprint density at radius 3 is 2.52 bits per heavy atom. The lowest BCUT2D eigenvalue weighted by molar-refractivity contribution is -0.155. The molecule has 0 spiro atoms. The summed E-state index contributed by atoms with van der Waals surface area (Å²) in [5.74, 6) is 1.21. The number of esters is 1. The molecule has 158 valence electrons. The number of carbonyl (C=O) groups excluding carboxylic acids is 1. The fourth-order valence-corrected chi connectivity index (χ4v) is 3.65. The molecular formula is C21H41N3O3.